The summed E-state index contributed by atoms with van der Waals surface area (Å²) in [5, 5.41) is 8.59. The monoisotopic (exact) mass is 187 g/mol. The van der Waals surface area contributed by atoms with Crippen molar-refractivity contribution in [1.82, 2.24) is 16.0 Å². The summed E-state index contributed by atoms with van der Waals surface area (Å²) >= 11 is 0. The normalized spacial score (nSPS) is 17.2. The van der Waals surface area contributed by atoms with E-state index in [9.17, 15) is 4.79 Å². The van der Waals surface area contributed by atoms with Gasteiger partial charge in [-0.15, -0.1) is 0 Å². The molecule has 0 atom stereocenters. The molecule has 3 N–H and O–H groups in total. The first kappa shape index (κ1) is 10.4. The molecule has 0 aromatic rings. The molecule has 0 aromatic heterocycles. The fourth-order valence-electron chi connectivity index (χ4n) is 1.08. The van der Waals surface area contributed by atoms with Gasteiger partial charge >= 0.3 is 5.97 Å². The van der Waals surface area contributed by atoms with Gasteiger partial charge in [0.2, 0.25) is 0 Å². The van der Waals surface area contributed by atoms with Crippen molar-refractivity contribution in [2.24, 2.45) is 5.92 Å². The minimum absolute atomic E-state index is 0.106. The van der Waals surface area contributed by atoms with Crippen LogP contribution in [-0.4, -0.2) is 33.1 Å². The third kappa shape index (κ3) is 2.40. The van der Waals surface area contributed by atoms with Gasteiger partial charge in [-0.1, -0.05) is 0 Å². The van der Waals surface area contributed by atoms with Crippen LogP contribution in [0, 0.1) is 5.92 Å². The predicted octanol–water partition coefficient (Wildman–Crippen LogP) is -0.791. The van der Waals surface area contributed by atoms with Crippen molar-refractivity contribution >= 4 is 5.97 Å². The Labute approximate surface area is 78.2 Å². The number of carbonyl (C=O) groups excluding carboxylic acids is 1. The van der Waals surface area contributed by atoms with Crippen LogP contribution in [0.2, 0.25) is 0 Å². The van der Waals surface area contributed by atoms with Crippen LogP contribution in [0.4, 0.5) is 0 Å². The fraction of sp³-hybridized carbons (Fsp3) is 0.875. The molecular formula is C8H17N3O2. The minimum atomic E-state index is -0.931. The minimum Gasteiger partial charge on any atom is -0.416 e. The van der Waals surface area contributed by atoms with Gasteiger partial charge in [-0.25, -0.2) is 0 Å². The van der Waals surface area contributed by atoms with E-state index in [4.69, 9.17) is 4.74 Å². The number of carbonyl (C=O) groups is 1. The second kappa shape index (κ2) is 4.04. The highest BCUT2D eigenvalue weighted by Crippen LogP contribution is 2.30. The number of esters is 1. The van der Waals surface area contributed by atoms with Crippen molar-refractivity contribution in [2.75, 3.05) is 21.1 Å². The zero-order valence-electron chi connectivity index (χ0n) is 8.31. The van der Waals surface area contributed by atoms with E-state index in [0.29, 0.717) is 0 Å². The molecule has 76 valence electrons. The van der Waals surface area contributed by atoms with Crippen LogP contribution < -0.4 is 16.0 Å². The summed E-state index contributed by atoms with van der Waals surface area (Å²) in [6.45, 7) is 0. The second-order valence-corrected chi connectivity index (χ2v) is 3.13. The molecule has 0 unspecified atom stereocenters. The summed E-state index contributed by atoms with van der Waals surface area (Å²) in [6.07, 6.45) is 1.90. The lowest BCUT2D eigenvalue weighted by molar-refractivity contribution is -0.173. The lowest BCUT2D eigenvalue weighted by Crippen LogP contribution is -2.65. The molecule has 0 bridgehead atoms. The standard InChI is InChI=1S/C8H17N3O2/c1-9-8(10-2,11-3)13-7(12)6-4-5-6/h6,9-11H,4-5H2,1-3H3. The summed E-state index contributed by atoms with van der Waals surface area (Å²) in [5.41, 5.74) is 0. The van der Waals surface area contributed by atoms with Gasteiger partial charge in [0, 0.05) is 0 Å². The summed E-state index contributed by atoms with van der Waals surface area (Å²) < 4.78 is 5.24. The van der Waals surface area contributed by atoms with E-state index in [2.05, 4.69) is 16.0 Å². The maximum atomic E-state index is 11.4. The van der Waals surface area contributed by atoms with Gasteiger partial charge in [0.05, 0.1) is 5.92 Å². The molecule has 0 saturated heterocycles. The fourth-order valence-corrected chi connectivity index (χ4v) is 1.08. The van der Waals surface area contributed by atoms with Crippen molar-refractivity contribution in [3.63, 3.8) is 0 Å². The number of ether oxygens (including phenoxy) is 1. The van der Waals surface area contributed by atoms with Crippen LogP contribution in [0.5, 0.6) is 0 Å². The Morgan fingerprint density at radius 3 is 2.00 bits per heavy atom. The summed E-state index contributed by atoms with van der Waals surface area (Å²) in [5.74, 6) is -0.980. The molecule has 1 rings (SSSR count). The van der Waals surface area contributed by atoms with E-state index < -0.39 is 5.97 Å². The summed E-state index contributed by atoms with van der Waals surface area (Å²) in [7, 11) is 5.15. The van der Waals surface area contributed by atoms with E-state index in [1.54, 1.807) is 21.1 Å². The molecule has 1 aliphatic carbocycles. The molecular weight excluding hydrogens is 170 g/mol. The van der Waals surface area contributed by atoms with Crippen molar-refractivity contribution in [2.45, 2.75) is 18.8 Å². The van der Waals surface area contributed by atoms with Gasteiger partial charge < -0.3 is 4.74 Å². The van der Waals surface area contributed by atoms with E-state index in [1.807, 2.05) is 0 Å². The van der Waals surface area contributed by atoms with Gasteiger partial charge in [0.15, 0.2) is 0 Å². The van der Waals surface area contributed by atoms with E-state index in [1.165, 1.54) is 0 Å². The highest BCUT2D eigenvalue weighted by atomic mass is 16.6. The third-order valence-corrected chi connectivity index (χ3v) is 2.22. The number of nitrogens with one attached hydrogen (secondary N) is 3. The van der Waals surface area contributed by atoms with Gasteiger partial charge in [0.25, 0.3) is 5.97 Å². The lowest BCUT2D eigenvalue weighted by atomic mass is 10.4. The van der Waals surface area contributed by atoms with Crippen molar-refractivity contribution in [3.05, 3.63) is 0 Å². The maximum absolute atomic E-state index is 11.4. The van der Waals surface area contributed by atoms with Crippen LogP contribution in [0.25, 0.3) is 0 Å². The average molecular weight is 187 g/mol. The quantitative estimate of drug-likeness (QED) is 0.389. The number of hydrogen-bond acceptors (Lipinski definition) is 5. The first-order chi connectivity index (χ1) is 6.17. The first-order valence-electron chi connectivity index (χ1n) is 4.47. The average Bonchev–Trinajstić information content (AvgIpc) is 2.97. The SMILES string of the molecule is CNC(NC)(NC)OC(=O)C1CC1. The van der Waals surface area contributed by atoms with E-state index in [0.717, 1.165) is 12.8 Å². The molecule has 1 fully saturated rings. The predicted molar refractivity (Wildman–Crippen MR) is 48.7 cm³/mol. The van der Waals surface area contributed by atoms with E-state index >= 15 is 0 Å². The Kier molecular flexibility index (Phi) is 3.24. The summed E-state index contributed by atoms with van der Waals surface area (Å²) in [6, 6.07) is 0. The Bertz CT molecular complexity index is 180. The van der Waals surface area contributed by atoms with Crippen LogP contribution in [0.15, 0.2) is 0 Å². The van der Waals surface area contributed by atoms with Crippen LogP contribution >= 0.6 is 0 Å². The van der Waals surface area contributed by atoms with Crippen molar-refractivity contribution < 1.29 is 9.53 Å². The van der Waals surface area contributed by atoms with Crippen LogP contribution in [0.1, 0.15) is 12.8 Å². The Balaban J connectivity index is 2.49. The van der Waals surface area contributed by atoms with Crippen LogP contribution in [-0.2, 0) is 9.53 Å². The molecule has 0 aliphatic heterocycles. The van der Waals surface area contributed by atoms with Gasteiger partial charge in [-0.2, -0.15) is 0 Å². The van der Waals surface area contributed by atoms with E-state index in [-0.39, 0.29) is 11.9 Å². The molecule has 0 aromatic carbocycles. The smallest absolute Gasteiger partial charge is 0.312 e. The Morgan fingerprint density at radius 2 is 1.69 bits per heavy atom. The van der Waals surface area contributed by atoms with Crippen molar-refractivity contribution in [3.8, 4) is 0 Å². The Hall–Kier alpha value is -0.650. The molecule has 5 nitrogen and oxygen atoms in total. The topological polar surface area (TPSA) is 62.4 Å². The molecule has 0 amide bonds. The van der Waals surface area contributed by atoms with Gasteiger partial charge in [-0.3, -0.25) is 20.7 Å². The highest BCUT2D eigenvalue weighted by molar-refractivity contribution is 5.75. The molecule has 0 spiro atoms. The third-order valence-electron chi connectivity index (χ3n) is 2.22. The molecule has 1 saturated carbocycles. The van der Waals surface area contributed by atoms with Gasteiger partial charge in [-0.05, 0) is 34.0 Å². The molecule has 1 aliphatic rings. The number of rotatable bonds is 5. The second-order valence-electron chi connectivity index (χ2n) is 3.13. The number of hydrogen-bond donors (Lipinski definition) is 3. The lowest BCUT2D eigenvalue weighted by Gasteiger charge is -2.31. The zero-order chi connectivity index (χ0) is 9.90. The first-order valence-corrected chi connectivity index (χ1v) is 4.47. The maximum Gasteiger partial charge on any atom is 0.312 e. The molecule has 0 radical (unpaired) electrons. The highest BCUT2D eigenvalue weighted by Gasteiger charge is 2.37. The molecule has 0 heterocycles. The molecule has 5 heteroatoms. The van der Waals surface area contributed by atoms with Crippen LogP contribution in [0.3, 0.4) is 0 Å². The largest absolute Gasteiger partial charge is 0.416 e. The van der Waals surface area contributed by atoms with Gasteiger partial charge in [0.1, 0.15) is 0 Å². The Morgan fingerprint density at radius 1 is 1.23 bits per heavy atom. The zero-order valence-corrected chi connectivity index (χ0v) is 8.31. The van der Waals surface area contributed by atoms with Crippen molar-refractivity contribution in [1.29, 1.82) is 0 Å². The summed E-state index contributed by atoms with van der Waals surface area (Å²) in [4.78, 5) is 11.4. The molecule has 13 heavy (non-hydrogen) atoms.